The molecule has 1 aliphatic rings. The molecule has 0 aliphatic carbocycles. The summed E-state index contributed by atoms with van der Waals surface area (Å²) in [5, 5.41) is 18.7. The molecule has 0 aromatic carbocycles. The minimum atomic E-state index is -1.08. The summed E-state index contributed by atoms with van der Waals surface area (Å²) in [6, 6.07) is 0. The van der Waals surface area contributed by atoms with Crippen LogP contribution in [-0.2, 0) is 9.59 Å². The van der Waals surface area contributed by atoms with Gasteiger partial charge in [-0.1, -0.05) is 20.8 Å². The standard InChI is InChI=1S/C13H23NO4/c1-8(15)9-5-6-14(7-9)11(16)10(12(17)18)13(2,3)4/h8-10,15H,5-7H2,1-4H3,(H,17,18). The van der Waals surface area contributed by atoms with Crippen molar-refractivity contribution in [2.45, 2.75) is 40.2 Å². The molecular formula is C13H23NO4. The smallest absolute Gasteiger partial charge is 0.316 e. The molecule has 0 radical (unpaired) electrons. The molecule has 2 N–H and O–H groups in total. The molecule has 1 fully saturated rings. The van der Waals surface area contributed by atoms with E-state index in [1.807, 2.05) is 0 Å². The first kappa shape index (κ1) is 15.0. The maximum absolute atomic E-state index is 12.3. The third-order valence-corrected chi connectivity index (χ3v) is 3.58. The van der Waals surface area contributed by atoms with Gasteiger partial charge in [0.05, 0.1) is 6.10 Å². The molecule has 18 heavy (non-hydrogen) atoms. The lowest BCUT2D eigenvalue weighted by atomic mass is 9.80. The van der Waals surface area contributed by atoms with E-state index in [1.54, 1.807) is 32.6 Å². The number of hydrogen-bond donors (Lipinski definition) is 2. The van der Waals surface area contributed by atoms with Crippen molar-refractivity contribution in [3.05, 3.63) is 0 Å². The predicted molar refractivity (Wildman–Crippen MR) is 66.9 cm³/mol. The molecule has 1 aliphatic heterocycles. The summed E-state index contributed by atoms with van der Waals surface area (Å²) < 4.78 is 0. The lowest BCUT2D eigenvalue weighted by molar-refractivity contribution is -0.155. The van der Waals surface area contributed by atoms with E-state index in [-0.39, 0.29) is 11.8 Å². The number of rotatable bonds is 3. The highest BCUT2D eigenvalue weighted by Gasteiger charge is 2.42. The van der Waals surface area contributed by atoms with E-state index in [0.717, 1.165) is 6.42 Å². The van der Waals surface area contributed by atoms with Crippen molar-refractivity contribution >= 4 is 11.9 Å². The number of carbonyl (C=O) groups is 2. The first-order valence-corrected chi connectivity index (χ1v) is 6.34. The Morgan fingerprint density at radius 3 is 2.22 bits per heavy atom. The van der Waals surface area contributed by atoms with Gasteiger partial charge in [0.25, 0.3) is 0 Å². The number of carboxylic acids is 1. The highest BCUT2D eigenvalue weighted by molar-refractivity contribution is 5.97. The summed E-state index contributed by atoms with van der Waals surface area (Å²) >= 11 is 0. The number of hydrogen-bond acceptors (Lipinski definition) is 3. The van der Waals surface area contributed by atoms with Crippen molar-refractivity contribution in [3.8, 4) is 0 Å². The quantitative estimate of drug-likeness (QED) is 0.738. The van der Waals surface area contributed by atoms with Crippen LogP contribution < -0.4 is 0 Å². The van der Waals surface area contributed by atoms with E-state index < -0.39 is 23.4 Å². The SMILES string of the molecule is CC(O)C1CCN(C(=O)C(C(=O)O)C(C)(C)C)C1. The molecule has 0 spiro atoms. The minimum absolute atomic E-state index is 0.0587. The molecule has 104 valence electrons. The Bertz CT molecular complexity index is 332. The fourth-order valence-electron chi connectivity index (χ4n) is 2.41. The fraction of sp³-hybridized carbons (Fsp3) is 0.846. The molecule has 3 atom stereocenters. The number of aliphatic hydroxyl groups is 1. The Morgan fingerprint density at radius 2 is 1.89 bits per heavy atom. The molecule has 3 unspecified atom stereocenters. The number of aliphatic hydroxyl groups excluding tert-OH is 1. The molecule has 0 aromatic heterocycles. The maximum atomic E-state index is 12.3. The van der Waals surface area contributed by atoms with Gasteiger partial charge in [-0.2, -0.15) is 0 Å². The molecule has 1 amide bonds. The molecule has 1 heterocycles. The molecule has 0 bridgehead atoms. The summed E-state index contributed by atoms with van der Waals surface area (Å²) in [5.74, 6) is -2.38. The summed E-state index contributed by atoms with van der Waals surface area (Å²) in [7, 11) is 0. The average molecular weight is 257 g/mol. The number of likely N-dealkylation sites (tertiary alicyclic amines) is 1. The van der Waals surface area contributed by atoms with Gasteiger partial charge in [0.1, 0.15) is 5.92 Å². The second-order valence-corrected chi connectivity index (χ2v) is 6.21. The van der Waals surface area contributed by atoms with Gasteiger partial charge in [0, 0.05) is 19.0 Å². The van der Waals surface area contributed by atoms with Crippen molar-refractivity contribution in [2.75, 3.05) is 13.1 Å². The summed E-state index contributed by atoms with van der Waals surface area (Å²) in [6.07, 6.45) is 0.278. The van der Waals surface area contributed by atoms with Gasteiger partial charge < -0.3 is 15.1 Å². The van der Waals surface area contributed by atoms with Crippen LogP contribution in [0.25, 0.3) is 0 Å². The Labute approximate surface area is 108 Å². The Hall–Kier alpha value is -1.10. The minimum Gasteiger partial charge on any atom is -0.481 e. The van der Waals surface area contributed by atoms with Gasteiger partial charge >= 0.3 is 5.97 Å². The van der Waals surface area contributed by atoms with Gasteiger partial charge in [-0.15, -0.1) is 0 Å². The van der Waals surface area contributed by atoms with E-state index in [9.17, 15) is 19.8 Å². The predicted octanol–water partition coefficient (Wildman–Crippen LogP) is 0.963. The van der Waals surface area contributed by atoms with Crippen LogP contribution in [0.2, 0.25) is 0 Å². The summed E-state index contributed by atoms with van der Waals surface area (Å²) in [6.45, 7) is 7.96. The van der Waals surface area contributed by atoms with Crippen LogP contribution in [0.1, 0.15) is 34.1 Å². The van der Waals surface area contributed by atoms with Crippen molar-refractivity contribution in [1.82, 2.24) is 4.90 Å². The number of amides is 1. The molecule has 1 saturated heterocycles. The number of carboxylic acid groups (broad SMARTS) is 1. The third kappa shape index (κ3) is 3.22. The van der Waals surface area contributed by atoms with Gasteiger partial charge in [-0.3, -0.25) is 9.59 Å². The van der Waals surface area contributed by atoms with Gasteiger partial charge in [-0.25, -0.2) is 0 Å². The fourth-order valence-corrected chi connectivity index (χ4v) is 2.41. The lowest BCUT2D eigenvalue weighted by Crippen LogP contribution is -2.44. The van der Waals surface area contributed by atoms with E-state index in [0.29, 0.717) is 13.1 Å². The van der Waals surface area contributed by atoms with E-state index in [2.05, 4.69) is 0 Å². The van der Waals surface area contributed by atoms with Crippen LogP contribution >= 0.6 is 0 Å². The molecular weight excluding hydrogens is 234 g/mol. The number of aliphatic carboxylic acids is 1. The van der Waals surface area contributed by atoms with Crippen LogP contribution in [-0.4, -0.2) is 46.2 Å². The van der Waals surface area contributed by atoms with Gasteiger partial charge in [-0.05, 0) is 18.8 Å². The van der Waals surface area contributed by atoms with Crippen LogP contribution in [0, 0.1) is 17.3 Å². The van der Waals surface area contributed by atoms with Crippen LogP contribution in [0.3, 0.4) is 0 Å². The molecule has 0 saturated carbocycles. The molecule has 0 aromatic rings. The highest BCUT2D eigenvalue weighted by atomic mass is 16.4. The van der Waals surface area contributed by atoms with Crippen LogP contribution in [0.15, 0.2) is 0 Å². The van der Waals surface area contributed by atoms with Crippen molar-refractivity contribution in [2.24, 2.45) is 17.3 Å². The highest BCUT2D eigenvalue weighted by Crippen LogP contribution is 2.30. The zero-order valence-electron chi connectivity index (χ0n) is 11.5. The van der Waals surface area contributed by atoms with E-state index >= 15 is 0 Å². The summed E-state index contributed by atoms with van der Waals surface area (Å²) in [5.41, 5.74) is -0.605. The maximum Gasteiger partial charge on any atom is 0.316 e. The zero-order valence-corrected chi connectivity index (χ0v) is 11.5. The van der Waals surface area contributed by atoms with E-state index in [1.165, 1.54) is 0 Å². The Morgan fingerprint density at radius 1 is 1.33 bits per heavy atom. The Kier molecular flexibility index (Phi) is 4.37. The van der Waals surface area contributed by atoms with Crippen LogP contribution in [0.5, 0.6) is 0 Å². The molecule has 1 rings (SSSR count). The Balaban J connectivity index is 2.78. The van der Waals surface area contributed by atoms with Crippen LogP contribution in [0.4, 0.5) is 0 Å². The van der Waals surface area contributed by atoms with Crippen molar-refractivity contribution in [1.29, 1.82) is 0 Å². The number of carbonyl (C=O) groups excluding carboxylic acids is 1. The topological polar surface area (TPSA) is 77.8 Å². The second kappa shape index (κ2) is 5.26. The normalized spacial score (nSPS) is 23.8. The van der Waals surface area contributed by atoms with E-state index in [4.69, 9.17) is 0 Å². The van der Waals surface area contributed by atoms with Crippen molar-refractivity contribution < 1.29 is 19.8 Å². The largest absolute Gasteiger partial charge is 0.481 e. The average Bonchev–Trinajstić information content (AvgIpc) is 2.62. The number of nitrogens with zero attached hydrogens (tertiary/aromatic N) is 1. The van der Waals surface area contributed by atoms with Gasteiger partial charge in [0.15, 0.2) is 0 Å². The molecule has 5 heteroatoms. The van der Waals surface area contributed by atoms with Gasteiger partial charge in [0.2, 0.25) is 5.91 Å². The monoisotopic (exact) mass is 257 g/mol. The second-order valence-electron chi connectivity index (χ2n) is 6.21. The summed E-state index contributed by atoms with van der Waals surface area (Å²) in [4.78, 5) is 25.1. The molecule has 5 nitrogen and oxygen atoms in total. The first-order valence-electron chi connectivity index (χ1n) is 6.34. The third-order valence-electron chi connectivity index (χ3n) is 3.58. The lowest BCUT2D eigenvalue weighted by Gasteiger charge is -2.30. The zero-order chi connectivity index (χ0) is 14.1. The van der Waals surface area contributed by atoms with Crippen molar-refractivity contribution in [3.63, 3.8) is 0 Å². The first-order chi connectivity index (χ1) is 8.14.